The molecule has 10 nitrogen and oxygen atoms in total. The highest BCUT2D eigenvalue weighted by Crippen LogP contribution is 2.32. The number of aromatic nitrogens is 1. The van der Waals surface area contributed by atoms with Crippen LogP contribution in [0.3, 0.4) is 0 Å². The number of likely N-dealkylation sites (N-methyl/N-ethyl adjacent to an activating group) is 1. The zero-order valence-corrected chi connectivity index (χ0v) is 24.6. The minimum Gasteiger partial charge on any atom is -0.467 e. The first-order valence-electron chi connectivity index (χ1n) is 14.0. The number of hydrogen-bond acceptors (Lipinski definition) is 9. The van der Waals surface area contributed by atoms with Crippen LogP contribution in [-0.2, 0) is 32.2 Å². The number of nitrogens with zero attached hydrogens (tertiary/aromatic N) is 4. The molecule has 1 aliphatic heterocycles. The topological polar surface area (TPSA) is 120 Å². The summed E-state index contributed by atoms with van der Waals surface area (Å²) in [5, 5.41) is 0. The molecule has 222 valence electrons. The van der Waals surface area contributed by atoms with Crippen molar-refractivity contribution in [1.29, 1.82) is 0 Å². The van der Waals surface area contributed by atoms with Crippen LogP contribution in [0.1, 0.15) is 37.8 Å². The van der Waals surface area contributed by atoms with Gasteiger partial charge in [-0.1, -0.05) is 62.4 Å². The van der Waals surface area contributed by atoms with Gasteiger partial charge in [0.2, 0.25) is 11.8 Å². The summed E-state index contributed by atoms with van der Waals surface area (Å²) < 4.78 is 16.7. The Morgan fingerprint density at radius 2 is 1.76 bits per heavy atom. The Kier molecular flexibility index (Phi) is 10.5. The number of carbonyl (C=O) groups excluding carboxylic acids is 2. The van der Waals surface area contributed by atoms with Gasteiger partial charge in [-0.3, -0.25) is 4.79 Å². The number of rotatable bonds is 13. The van der Waals surface area contributed by atoms with E-state index in [2.05, 4.69) is 23.8 Å². The lowest BCUT2D eigenvalue weighted by atomic mass is 9.96. The van der Waals surface area contributed by atoms with Crippen molar-refractivity contribution in [3.63, 3.8) is 0 Å². The van der Waals surface area contributed by atoms with Gasteiger partial charge in [0.1, 0.15) is 5.75 Å². The van der Waals surface area contributed by atoms with Crippen molar-refractivity contribution in [2.24, 2.45) is 16.6 Å². The second-order valence-electron chi connectivity index (χ2n) is 10.6. The maximum atomic E-state index is 13.3. The van der Waals surface area contributed by atoms with Gasteiger partial charge in [-0.25, -0.2) is 14.8 Å². The quantitative estimate of drug-likeness (QED) is 0.293. The van der Waals surface area contributed by atoms with E-state index >= 15 is 0 Å². The number of para-hydroxylation sites is 1. The van der Waals surface area contributed by atoms with Crippen LogP contribution in [0.25, 0.3) is 0 Å². The number of methoxy groups -OCH3 is 1. The number of amides is 1. The molecule has 0 saturated carbocycles. The number of nitrogens with two attached hydrogens (primary N) is 1. The van der Waals surface area contributed by atoms with Crippen LogP contribution >= 0.6 is 0 Å². The molecule has 0 aliphatic carbocycles. The largest absolute Gasteiger partial charge is 0.467 e. The normalized spacial score (nSPS) is 14.0. The standard InChI is InChI=1S/C32H39N5O5/c1-22(2)27(15-16-30(38)36(3)28(31(39)40-4)21-41-20-23-11-7-5-8-12-23)37-19-24-17-29(34-18-26(24)35-32(37)33)42-25-13-9-6-10-14-25/h5-14,17-18,22,27-28H,15-16,19-21H2,1-4H3,(H2,33,35)/t27-,28?/m0/s1. The Labute approximate surface area is 247 Å². The summed E-state index contributed by atoms with van der Waals surface area (Å²) in [5.74, 6) is 1.00. The second-order valence-corrected chi connectivity index (χ2v) is 10.6. The fourth-order valence-corrected chi connectivity index (χ4v) is 4.91. The SMILES string of the molecule is COC(=O)C(COCc1ccccc1)N(C)C(=O)CC[C@@H](C(C)C)N1Cc2cc(Oc3ccccc3)ncc2N=C1N. The minimum absolute atomic E-state index is 0.0291. The zero-order valence-electron chi connectivity index (χ0n) is 24.6. The van der Waals surface area contributed by atoms with E-state index in [9.17, 15) is 9.59 Å². The fourth-order valence-electron chi connectivity index (χ4n) is 4.91. The third-order valence-electron chi connectivity index (χ3n) is 7.32. The molecule has 1 aromatic heterocycles. The van der Waals surface area contributed by atoms with Crippen molar-refractivity contribution in [2.75, 3.05) is 20.8 Å². The van der Waals surface area contributed by atoms with E-state index in [0.717, 1.165) is 11.1 Å². The molecule has 2 N–H and O–H groups in total. The molecule has 0 radical (unpaired) electrons. The Hall–Kier alpha value is -4.44. The van der Waals surface area contributed by atoms with Crippen LogP contribution in [-0.4, -0.2) is 65.5 Å². The number of ether oxygens (including phenoxy) is 3. The smallest absolute Gasteiger partial charge is 0.330 e. The van der Waals surface area contributed by atoms with Gasteiger partial charge in [0.25, 0.3) is 0 Å². The summed E-state index contributed by atoms with van der Waals surface area (Å²) in [6.07, 6.45) is 2.39. The highest BCUT2D eigenvalue weighted by atomic mass is 16.5. The van der Waals surface area contributed by atoms with E-state index in [-0.39, 0.29) is 30.9 Å². The van der Waals surface area contributed by atoms with Crippen LogP contribution in [0.4, 0.5) is 5.69 Å². The highest BCUT2D eigenvalue weighted by Gasteiger charge is 2.31. The Morgan fingerprint density at radius 3 is 2.43 bits per heavy atom. The maximum absolute atomic E-state index is 13.3. The summed E-state index contributed by atoms with van der Waals surface area (Å²) in [5.41, 5.74) is 9.02. The summed E-state index contributed by atoms with van der Waals surface area (Å²) >= 11 is 0. The summed E-state index contributed by atoms with van der Waals surface area (Å²) in [6.45, 7) is 5.04. The van der Waals surface area contributed by atoms with Gasteiger partial charge in [-0.2, -0.15) is 0 Å². The Balaban J connectivity index is 1.40. The Bertz CT molecular complexity index is 1370. The molecule has 0 fully saturated rings. The predicted octanol–water partition coefficient (Wildman–Crippen LogP) is 4.66. The van der Waals surface area contributed by atoms with Crippen molar-refractivity contribution in [1.82, 2.24) is 14.8 Å². The number of pyridine rings is 1. The van der Waals surface area contributed by atoms with E-state index in [0.29, 0.717) is 42.8 Å². The molecule has 2 heterocycles. The first-order chi connectivity index (χ1) is 20.3. The van der Waals surface area contributed by atoms with Crippen LogP contribution in [0.5, 0.6) is 11.6 Å². The monoisotopic (exact) mass is 573 g/mol. The van der Waals surface area contributed by atoms with Crippen LogP contribution in [0.15, 0.2) is 77.9 Å². The molecule has 0 spiro atoms. The molecule has 1 aliphatic rings. The molecule has 1 amide bonds. The van der Waals surface area contributed by atoms with E-state index < -0.39 is 12.0 Å². The highest BCUT2D eigenvalue weighted by molar-refractivity contribution is 5.85. The zero-order chi connectivity index (χ0) is 30.1. The molecule has 3 aromatic rings. The third-order valence-corrected chi connectivity index (χ3v) is 7.32. The molecular formula is C32H39N5O5. The number of carbonyl (C=O) groups is 2. The number of guanidine groups is 1. The minimum atomic E-state index is -0.854. The summed E-state index contributed by atoms with van der Waals surface area (Å²) in [6, 6.07) is 20.1. The van der Waals surface area contributed by atoms with Crippen LogP contribution in [0.2, 0.25) is 0 Å². The van der Waals surface area contributed by atoms with Crippen molar-refractivity contribution in [3.05, 3.63) is 84.1 Å². The molecule has 2 atom stereocenters. The van der Waals surface area contributed by atoms with Crippen molar-refractivity contribution in [3.8, 4) is 11.6 Å². The average molecular weight is 574 g/mol. The molecule has 42 heavy (non-hydrogen) atoms. The predicted molar refractivity (Wildman–Crippen MR) is 160 cm³/mol. The molecule has 0 bridgehead atoms. The Morgan fingerprint density at radius 1 is 1.07 bits per heavy atom. The van der Waals surface area contributed by atoms with E-state index in [4.69, 9.17) is 19.9 Å². The molecule has 0 saturated heterocycles. The van der Waals surface area contributed by atoms with Gasteiger partial charge in [0.15, 0.2) is 12.0 Å². The average Bonchev–Trinajstić information content (AvgIpc) is 3.00. The molecule has 4 rings (SSSR count). The first kappa shape index (κ1) is 30.5. The number of esters is 1. The van der Waals surface area contributed by atoms with Gasteiger partial charge in [0.05, 0.1) is 32.2 Å². The van der Waals surface area contributed by atoms with Gasteiger partial charge >= 0.3 is 5.97 Å². The molecular weight excluding hydrogens is 534 g/mol. The van der Waals surface area contributed by atoms with Crippen molar-refractivity contribution in [2.45, 2.75) is 51.9 Å². The van der Waals surface area contributed by atoms with Crippen molar-refractivity contribution >= 4 is 23.5 Å². The van der Waals surface area contributed by atoms with E-state index in [1.807, 2.05) is 71.6 Å². The van der Waals surface area contributed by atoms with Crippen molar-refractivity contribution < 1.29 is 23.8 Å². The van der Waals surface area contributed by atoms with Gasteiger partial charge in [0, 0.05) is 37.7 Å². The van der Waals surface area contributed by atoms with Gasteiger partial charge < -0.3 is 29.7 Å². The lowest BCUT2D eigenvalue weighted by Crippen LogP contribution is -2.49. The first-order valence-corrected chi connectivity index (χ1v) is 14.0. The fraction of sp³-hybridized carbons (Fsp3) is 0.375. The molecule has 2 aromatic carbocycles. The second kappa shape index (κ2) is 14.5. The third kappa shape index (κ3) is 7.85. The lowest BCUT2D eigenvalue weighted by molar-refractivity contribution is -0.154. The van der Waals surface area contributed by atoms with Gasteiger partial charge in [-0.15, -0.1) is 0 Å². The number of benzene rings is 2. The van der Waals surface area contributed by atoms with Crippen LogP contribution < -0.4 is 10.5 Å². The summed E-state index contributed by atoms with van der Waals surface area (Å²) in [7, 11) is 2.91. The van der Waals surface area contributed by atoms with Crippen LogP contribution in [0, 0.1) is 5.92 Å². The maximum Gasteiger partial charge on any atom is 0.330 e. The molecule has 1 unspecified atom stereocenters. The van der Waals surface area contributed by atoms with E-state index in [1.165, 1.54) is 12.0 Å². The number of aliphatic imine (C=N–C) groups is 1. The number of hydrogen-bond donors (Lipinski definition) is 1. The molecule has 10 heteroatoms. The number of fused-ring (bicyclic) bond motifs is 1. The van der Waals surface area contributed by atoms with Gasteiger partial charge in [-0.05, 0) is 30.0 Å². The lowest BCUT2D eigenvalue weighted by Gasteiger charge is -2.38. The summed E-state index contributed by atoms with van der Waals surface area (Å²) in [4.78, 5) is 38.3. The van der Waals surface area contributed by atoms with E-state index in [1.54, 1.807) is 13.2 Å².